The molecule has 0 atom stereocenters. The van der Waals surface area contributed by atoms with Crippen LogP contribution in [0.1, 0.15) is 21.5 Å². The molecule has 0 bridgehead atoms. The van der Waals surface area contributed by atoms with Crippen molar-refractivity contribution < 1.29 is 9.18 Å². The van der Waals surface area contributed by atoms with E-state index in [0.29, 0.717) is 28.4 Å². The predicted molar refractivity (Wildman–Crippen MR) is 101 cm³/mol. The van der Waals surface area contributed by atoms with Crippen molar-refractivity contribution in [2.45, 2.75) is 13.1 Å². The van der Waals surface area contributed by atoms with Crippen molar-refractivity contribution in [2.24, 2.45) is 0 Å². The number of aromatic nitrogens is 1. The van der Waals surface area contributed by atoms with Crippen LogP contribution in [0, 0.1) is 5.82 Å². The zero-order valence-electron chi connectivity index (χ0n) is 13.9. The Balaban J connectivity index is 1.62. The van der Waals surface area contributed by atoms with Gasteiger partial charge in [0.15, 0.2) is 0 Å². The molecule has 0 aliphatic rings. The van der Waals surface area contributed by atoms with Crippen molar-refractivity contribution in [3.8, 4) is 0 Å². The zero-order valence-corrected chi connectivity index (χ0v) is 14.6. The molecule has 1 amide bonds. The molecule has 132 valence electrons. The van der Waals surface area contributed by atoms with E-state index in [-0.39, 0.29) is 18.3 Å². The highest BCUT2D eigenvalue weighted by Crippen LogP contribution is 2.17. The molecule has 0 fully saturated rings. The average Bonchev–Trinajstić information content (AvgIpc) is 2.67. The minimum absolute atomic E-state index is 0.114. The summed E-state index contributed by atoms with van der Waals surface area (Å²) in [7, 11) is 0. The van der Waals surface area contributed by atoms with Crippen molar-refractivity contribution in [1.29, 1.82) is 0 Å². The van der Waals surface area contributed by atoms with Gasteiger partial charge in [0.2, 0.25) is 0 Å². The molecule has 1 aromatic heterocycles. The molecule has 6 heteroatoms. The lowest BCUT2D eigenvalue weighted by atomic mass is 10.2. The van der Waals surface area contributed by atoms with E-state index in [0.717, 1.165) is 5.56 Å². The van der Waals surface area contributed by atoms with Crippen molar-refractivity contribution in [3.05, 3.63) is 94.5 Å². The summed E-state index contributed by atoms with van der Waals surface area (Å²) in [5, 5.41) is 6.56. The van der Waals surface area contributed by atoms with E-state index < -0.39 is 0 Å². The van der Waals surface area contributed by atoms with Gasteiger partial charge >= 0.3 is 0 Å². The van der Waals surface area contributed by atoms with Crippen LogP contribution in [0.3, 0.4) is 0 Å². The van der Waals surface area contributed by atoms with Gasteiger partial charge in [0.25, 0.3) is 5.91 Å². The molecule has 2 aromatic carbocycles. The number of anilines is 1. The fraction of sp³-hybridized carbons (Fsp3) is 0.100. The van der Waals surface area contributed by atoms with Crippen LogP contribution in [0.2, 0.25) is 5.02 Å². The van der Waals surface area contributed by atoms with E-state index in [2.05, 4.69) is 15.6 Å². The quantitative estimate of drug-likeness (QED) is 0.676. The molecule has 3 aromatic rings. The first-order valence-corrected chi connectivity index (χ1v) is 8.45. The van der Waals surface area contributed by atoms with Crippen molar-refractivity contribution in [1.82, 2.24) is 10.3 Å². The molecular formula is C20H17ClFN3O. The van der Waals surface area contributed by atoms with E-state index >= 15 is 0 Å². The predicted octanol–water partition coefficient (Wildman–Crippen LogP) is 4.42. The molecule has 0 saturated carbocycles. The number of carbonyl (C=O) groups is 1. The summed E-state index contributed by atoms with van der Waals surface area (Å²) < 4.78 is 13.6. The number of nitrogens with zero attached hydrogens (tertiary/aromatic N) is 1. The molecule has 0 aliphatic heterocycles. The van der Waals surface area contributed by atoms with E-state index in [4.69, 9.17) is 11.6 Å². The molecule has 1 heterocycles. The fourth-order valence-electron chi connectivity index (χ4n) is 2.42. The molecule has 4 nitrogen and oxygen atoms in total. The van der Waals surface area contributed by atoms with Gasteiger partial charge in [-0.15, -0.1) is 0 Å². The Morgan fingerprint density at radius 3 is 2.50 bits per heavy atom. The van der Waals surface area contributed by atoms with Crippen LogP contribution < -0.4 is 10.6 Å². The number of hydrogen-bond acceptors (Lipinski definition) is 3. The largest absolute Gasteiger partial charge is 0.380 e. The highest BCUT2D eigenvalue weighted by atomic mass is 35.5. The number of benzene rings is 2. The van der Waals surface area contributed by atoms with Gasteiger partial charge in [0.05, 0.1) is 11.3 Å². The SMILES string of the molecule is O=C(NCc1ccccc1F)c1cncc(NCc2ccccc2Cl)c1. The third kappa shape index (κ3) is 4.58. The topological polar surface area (TPSA) is 54.0 Å². The lowest BCUT2D eigenvalue weighted by Gasteiger charge is -2.10. The Labute approximate surface area is 156 Å². The minimum Gasteiger partial charge on any atom is -0.380 e. The fourth-order valence-corrected chi connectivity index (χ4v) is 2.62. The number of nitrogens with one attached hydrogen (secondary N) is 2. The van der Waals surface area contributed by atoms with Gasteiger partial charge in [-0.25, -0.2) is 4.39 Å². The third-order valence-corrected chi connectivity index (χ3v) is 4.21. The normalized spacial score (nSPS) is 10.4. The smallest absolute Gasteiger partial charge is 0.253 e. The zero-order chi connectivity index (χ0) is 18.4. The standard InChI is InChI=1S/C20H17ClFN3O/c21-18-7-3-1-5-14(18)11-24-17-9-16(10-23-13-17)20(26)25-12-15-6-2-4-8-19(15)22/h1-10,13,24H,11-12H2,(H,25,26). The maximum absolute atomic E-state index is 13.6. The number of halogens is 2. The lowest BCUT2D eigenvalue weighted by Crippen LogP contribution is -2.23. The Kier molecular flexibility index (Phi) is 5.81. The van der Waals surface area contributed by atoms with E-state index in [9.17, 15) is 9.18 Å². The van der Waals surface area contributed by atoms with Gasteiger partial charge in [-0.1, -0.05) is 48.0 Å². The molecule has 26 heavy (non-hydrogen) atoms. The second kappa shape index (κ2) is 8.45. The van der Waals surface area contributed by atoms with E-state index in [1.54, 1.807) is 30.5 Å². The van der Waals surface area contributed by atoms with Crippen LogP contribution in [0.5, 0.6) is 0 Å². The molecular weight excluding hydrogens is 353 g/mol. The monoisotopic (exact) mass is 369 g/mol. The number of pyridine rings is 1. The van der Waals surface area contributed by atoms with Crippen molar-refractivity contribution >= 4 is 23.2 Å². The maximum atomic E-state index is 13.6. The van der Waals surface area contributed by atoms with Crippen LogP contribution >= 0.6 is 11.6 Å². The number of rotatable bonds is 6. The van der Waals surface area contributed by atoms with E-state index in [1.807, 2.05) is 24.3 Å². The number of hydrogen-bond donors (Lipinski definition) is 2. The van der Waals surface area contributed by atoms with Gasteiger partial charge in [-0.2, -0.15) is 0 Å². The molecule has 0 unspecified atom stereocenters. The summed E-state index contributed by atoms with van der Waals surface area (Å²) in [4.78, 5) is 16.4. The Morgan fingerprint density at radius 1 is 1.00 bits per heavy atom. The summed E-state index contributed by atoms with van der Waals surface area (Å²) in [5.41, 5.74) is 2.47. The van der Waals surface area contributed by atoms with Gasteiger partial charge in [-0.3, -0.25) is 9.78 Å². The molecule has 2 N–H and O–H groups in total. The Morgan fingerprint density at radius 2 is 1.73 bits per heavy atom. The van der Waals surface area contributed by atoms with Gasteiger partial charge in [0.1, 0.15) is 5.82 Å². The highest BCUT2D eigenvalue weighted by Gasteiger charge is 2.09. The van der Waals surface area contributed by atoms with Crippen molar-refractivity contribution in [3.63, 3.8) is 0 Å². The minimum atomic E-state index is -0.346. The Bertz CT molecular complexity index is 917. The van der Waals surface area contributed by atoms with E-state index in [1.165, 1.54) is 12.3 Å². The average molecular weight is 370 g/mol. The van der Waals surface area contributed by atoms with Crippen molar-refractivity contribution in [2.75, 3.05) is 5.32 Å². The molecule has 3 rings (SSSR count). The summed E-state index contributed by atoms with van der Waals surface area (Å²) in [6, 6.07) is 15.6. The summed E-state index contributed by atoms with van der Waals surface area (Å²) in [6.45, 7) is 0.629. The molecule has 0 saturated heterocycles. The summed E-state index contributed by atoms with van der Waals surface area (Å²) >= 11 is 6.13. The molecule has 0 radical (unpaired) electrons. The van der Waals surface area contributed by atoms with Crippen LogP contribution in [-0.4, -0.2) is 10.9 Å². The first-order valence-electron chi connectivity index (χ1n) is 8.07. The van der Waals surface area contributed by atoms with Crippen LogP contribution in [0.4, 0.5) is 10.1 Å². The molecule has 0 spiro atoms. The van der Waals surface area contributed by atoms with Crippen LogP contribution in [0.25, 0.3) is 0 Å². The highest BCUT2D eigenvalue weighted by molar-refractivity contribution is 6.31. The second-order valence-electron chi connectivity index (χ2n) is 5.68. The first-order chi connectivity index (χ1) is 12.6. The number of carbonyl (C=O) groups excluding carboxylic acids is 1. The van der Waals surface area contributed by atoms with Gasteiger partial charge < -0.3 is 10.6 Å². The first kappa shape index (κ1) is 17.9. The summed E-state index contributed by atoms with van der Waals surface area (Å²) in [6.07, 6.45) is 3.10. The number of amides is 1. The lowest BCUT2D eigenvalue weighted by molar-refractivity contribution is 0.0950. The Hall–Kier alpha value is -2.92. The molecule has 0 aliphatic carbocycles. The van der Waals surface area contributed by atoms with Gasteiger partial charge in [0, 0.05) is 36.1 Å². The van der Waals surface area contributed by atoms with Gasteiger partial charge in [-0.05, 0) is 23.8 Å². The summed E-state index contributed by atoms with van der Waals surface area (Å²) in [5.74, 6) is -0.664. The maximum Gasteiger partial charge on any atom is 0.253 e. The third-order valence-electron chi connectivity index (χ3n) is 3.84. The second-order valence-corrected chi connectivity index (χ2v) is 6.09. The van der Waals surface area contributed by atoms with Crippen LogP contribution in [0.15, 0.2) is 67.0 Å². The van der Waals surface area contributed by atoms with Crippen LogP contribution in [-0.2, 0) is 13.1 Å².